The van der Waals surface area contributed by atoms with E-state index < -0.39 is 15.7 Å². The molecule has 0 radical (unpaired) electrons. The molecule has 5 rings (SSSR count). The number of hydrogen-bond donors (Lipinski definition) is 1. The van der Waals surface area contributed by atoms with Crippen LogP contribution < -0.4 is 10.5 Å². The van der Waals surface area contributed by atoms with E-state index >= 15 is 0 Å². The number of primary amides is 1. The van der Waals surface area contributed by atoms with Crippen LogP contribution >= 0.6 is 11.3 Å². The first-order valence-corrected chi connectivity index (χ1v) is 13.2. The van der Waals surface area contributed by atoms with E-state index in [2.05, 4.69) is 4.98 Å². The molecule has 2 amide bonds. The number of nitrogens with zero attached hydrogens (tertiary/aromatic N) is 2. The lowest BCUT2D eigenvalue weighted by molar-refractivity contribution is 0.0816. The molecule has 182 valence electrons. The maximum Gasteiger partial charge on any atom is 0.268 e. The molecular formula is C26H21N3O5S2. The number of ether oxygens (including phenoxy) is 1. The van der Waals surface area contributed by atoms with Gasteiger partial charge in [-0.2, -0.15) is 0 Å². The highest BCUT2D eigenvalue weighted by Gasteiger charge is 2.28. The number of nitrogens with two attached hydrogens (primary N) is 1. The third-order valence-electron chi connectivity index (χ3n) is 6.01. The molecule has 0 saturated heterocycles. The van der Waals surface area contributed by atoms with Gasteiger partial charge >= 0.3 is 0 Å². The van der Waals surface area contributed by atoms with Gasteiger partial charge in [-0.15, -0.1) is 11.3 Å². The number of benzene rings is 2. The molecule has 0 unspecified atom stereocenters. The van der Waals surface area contributed by atoms with Crippen LogP contribution in [0, 0.1) is 0 Å². The van der Waals surface area contributed by atoms with Gasteiger partial charge in [-0.25, -0.2) is 13.4 Å². The third kappa shape index (κ3) is 3.94. The normalized spacial score (nSPS) is 13.1. The summed E-state index contributed by atoms with van der Waals surface area (Å²) in [6.07, 6.45) is 1.31. The van der Waals surface area contributed by atoms with Crippen molar-refractivity contribution in [1.82, 2.24) is 9.88 Å². The summed E-state index contributed by atoms with van der Waals surface area (Å²) >= 11 is 1.50. The number of carbonyl (C=O) groups is 2. The van der Waals surface area contributed by atoms with Gasteiger partial charge in [-0.05, 0) is 71.3 Å². The molecule has 0 saturated carbocycles. The molecule has 0 spiro atoms. The highest BCUT2D eigenvalue weighted by atomic mass is 32.2. The van der Waals surface area contributed by atoms with E-state index in [1.54, 1.807) is 24.1 Å². The summed E-state index contributed by atoms with van der Waals surface area (Å²) in [6.45, 7) is 0.571. The summed E-state index contributed by atoms with van der Waals surface area (Å²) in [5, 5.41) is 0. The largest absolute Gasteiger partial charge is 0.495 e. The predicted molar refractivity (Wildman–Crippen MR) is 136 cm³/mol. The van der Waals surface area contributed by atoms with Crippen molar-refractivity contribution in [3.8, 4) is 26.6 Å². The van der Waals surface area contributed by atoms with Gasteiger partial charge in [0.1, 0.15) is 21.2 Å². The summed E-state index contributed by atoms with van der Waals surface area (Å²) in [4.78, 5) is 31.0. The lowest BCUT2D eigenvalue weighted by Crippen LogP contribution is -2.18. The molecule has 2 aromatic heterocycles. The molecule has 2 N–H and O–H groups in total. The van der Waals surface area contributed by atoms with E-state index in [-0.39, 0.29) is 27.1 Å². The Morgan fingerprint density at radius 3 is 2.42 bits per heavy atom. The lowest BCUT2D eigenvalue weighted by Gasteiger charge is -2.12. The van der Waals surface area contributed by atoms with Crippen LogP contribution in [-0.4, -0.2) is 44.3 Å². The summed E-state index contributed by atoms with van der Waals surface area (Å²) < 4.78 is 32.4. The number of thiophene rings is 1. The number of fused-ring (bicyclic) bond motifs is 1. The van der Waals surface area contributed by atoms with E-state index in [1.165, 1.54) is 42.8 Å². The molecule has 10 heteroatoms. The van der Waals surface area contributed by atoms with Crippen molar-refractivity contribution >= 4 is 33.0 Å². The Kier molecular flexibility index (Phi) is 5.85. The number of sulfone groups is 1. The maximum absolute atomic E-state index is 13.6. The van der Waals surface area contributed by atoms with Crippen LogP contribution in [0.25, 0.3) is 20.9 Å². The van der Waals surface area contributed by atoms with Gasteiger partial charge < -0.3 is 15.4 Å². The zero-order valence-corrected chi connectivity index (χ0v) is 21.0. The quantitative estimate of drug-likeness (QED) is 0.411. The first-order valence-electron chi connectivity index (χ1n) is 10.9. The second-order valence-corrected chi connectivity index (χ2v) is 11.3. The third-order valence-corrected chi connectivity index (χ3v) is 9.00. The van der Waals surface area contributed by atoms with Crippen molar-refractivity contribution in [2.24, 2.45) is 5.73 Å². The van der Waals surface area contributed by atoms with Crippen LogP contribution in [0.4, 0.5) is 0 Å². The number of aromatic nitrogens is 1. The van der Waals surface area contributed by atoms with Gasteiger partial charge in [0.15, 0.2) is 0 Å². The predicted octanol–water partition coefficient (Wildman–Crippen LogP) is 4.00. The summed E-state index contributed by atoms with van der Waals surface area (Å²) in [5.41, 5.74) is 8.39. The average Bonchev–Trinajstić information content (AvgIpc) is 3.48. The van der Waals surface area contributed by atoms with Crippen molar-refractivity contribution in [2.75, 3.05) is 14.2 Å². The van der Waals surface area contributed by atoms with Gasteiger partial charge in [0, 0.05) is 35.1 Å². The second kappa shape index (κ2) is 8.89. The Morgan fingerprint density at radius 2 is 1.72 bits per heavy atom. The topological polar surface area (TPSA) is 120 Å². The maximum atomic E-state index is 13.6. The van der Waals surface area contributed by atoms with Crippen LogP contribution in [-0.2, 0) is 16.4 Å². The zero-order chi connectivity index (χ0) is 25.6. The van der Waals surface area contributed by atoms with Crippen molar-refractivity contribution < 1.29 is 22.7 Å². The first kappa shape index (κ1) is 23.7. The zero-order valence-electron chi connectivity index (χ0n) is 19.4. The van der Waals surface area contributed by atoms with Crippen LogP contribution in [0.5, 0.6) is 5.75 Å². The molecule has 8 nitrogen and oxygen atoms in total. The van der Waals surface area contributed by atoms with E-state index in [9.17, 15) is 18.0 Å². The average molecular weight is 520 g/mol. The lowest BCUT2D eigenvalue weighted by atomic mass is 10.1. The molecule has 3 heterocycles. The van der Waals surface area contributed by atoms with Gasteiger partial charge in [0.25, 0.3) is 11.8 Å². The molecule has 1 aliphatic heterocycles. The molecule has 0 bridgehead atoms. The Morgan fingerprint density at radius 1 is 1.03 bits per heavy atom. The van der Waals surface area contributed by atoms with E-state index in [4.69, 9.17) is 10.5 Å². The Hall–Kier alpha value is -4.02. The fraction of sp³-hybridized carbons (Fsp3) is 0.115. The molecular weight excluding hydrogens is 498 g/mol. The Bertz CT molecular complexity index is 1640. The fourth-order valence-corrected chi connectivity index (χ4v) is 6.82. The van der Waals surface area contributed by atoms with Crippen LogP contribution in [0.2, 0.25) is 0 Å². The minimum atomic E-state index is -4.17. The highest BCUT2D eigenvalue weighted by molar-refractivity contribution is 7.91. The number of amides is 2. The number of rotatable bonds is 6. The van der Waals surface area contributed by atoms with Crippen LogP contribution in [0.15, 0.2) is 76.7 Å². The van der Waals surface area contributed by atoms with E-state index in [0.717, 1.165) is 20.9 Å². The molecule has 2 aromatic carbocycles. The summed E-state index contributed by atoms with van der Waals surface area (Å²) in [7, 11) is -1.01. The van der Waals surface area contributed by atoms with Crippen molar-refractivity contribution in [1.29, 1.82) is 0 Å². The van der Waals surface area contributed by atoms with Gasteiger partial charge in [0.05, 0.1) is 7.11 Å². The molecule has 1 aliphatic rings. The smallest absolute Gasteiger partial charge is 0.268 e. The number of methoxy groups -OCH3 is 1. The monoisotopic (exact) mass is 519 g/mol. The fourth-order valence-electron chi connectivity index (χ4n) is 4.22. The molecule has 4 aromatic rings. The second-order valence-electron chi connectivity index (χ2n) is 8.28. The Balaban J connectivity index is 1.55. The first-order chi connectivity index (χ1) is 17.2. The molecule has 0 atom stereocenters. The number of pyridine rings is 1. The van der Waals surface area contributed by atoms with Crippen LogP contribution in [0.3, 0.4) is 0 Å². The molecule has 0 fully saturated rings. The molecule has 0 aliphatic carbocycles. The number of carbonyl (C=O) groups excluding carboxylic acids is 2. The van der Waals surface area contributed by atoms with Crippen LogP contribution in [0.1, 0.15) is 26.4 Å². The van der Waals surface area contributed by atoms with E-state index in [0.29, 0.717) is 17.7 Å². The minimum absolute atomic E-state index is 0.0171. The van der Waals surface area contributed by atoms with E-state index in [1.807, 2.05) is 30.3 Å². The number of hydrogen-bond acceptors (Lipinski definition) is 7. The SMILES string of the molecule is COc1ccc(-c2ccc(-c3ccc4c(c3)CN(C)C4=O)s2)cc1S(=O)(=O)c1cccnc1C(N)=O. The summed E-state index contributed by atoms with van der Waals surface area (Å²) in [5.74, 6) is -0.778. The van der Waals surface area contributed by atoms with Crippen molar-refractivity contribution in [3.05, 3.63) is 83.7 Å². The Labute approximate surface area is 211 Å². The minimum Gasteiger partial charge on any atom is -0.495 e. The highest BCUT2D eigenvalue weighted by Crippen LogP contribution is 2.39. The summed E-state index contributed by atoms with van der Waals surface area (Å²) in [6, 6.07) is 17.3. The van der Waals surface area contributed by atoms with Crippen molar-refractivity contribution in [3.63, 3.8) is 0 Å². The van der Waals surface area contributed by atoms with Gasteiger partial charge in [0.2, 0.25) is 9.84 Å². The van der Waals surface area contributed by atoms with Gasteiger partial charge in [-0.1, -0.05) is 6.07 Å². The standard InChI is InChI=1S/C26H21N3O5S2/c1-29-14-17-12-15(5-7-18(17)26(29)31)20-9-10-21(35-20)16-6-8-19(34-2)23(13-16)36(32,33)22-4-3-11-28-24(22)25(27)30/h3-13H,14H2,1-2H3,(H2,27,30). The molecule has 36 heavy (non-hydrogen) atoms. The van der Waals surface area contributed by atoms with Crippen molar-refractivity contribution in [2.45, 2.75) is 16.3 Å². The van der Waals surface area contributed by atoms with Gasteiger partial charge in [-0.3, -0.25) is 9.59 Å².